The summed E-state index contributed by atoms with van der Waals surface area (Å²) in [4.78, 5) is 0.340. The van der Waals surface area contributed by atoms with Gasteiger partial charge in [0.1, 0.15) is 11.6 Å². The molecule has 0 heterocycles. The highest BCUT2D eigenvalue weighted by molar-refractivity contribution is 7.99. The summed E-state index contributed by atoms with van der Waals surface area (Å²) in [6, 6.07) is 3.78. The van der Waals surface area contributed by atoms with E-state index in [0.717, 1.165) is 25.0 Å². The third kappa shape index (κ3) is 5.77. The first-order chi connectivity index (χ1) is 9.36. The van der Waals surface area contributed by atoms with E-state index in [-0.39, 0.29) is 18.0 Å². The Morgan fingerprint density at radius 1 is 1.35 bits per heavy atom. The van der Waals surface area contributed by atoms with E-state index in [1.807, 2.05) is 20.8 Å². The molecule has 1 rings (SSSR count). The van der Waals surface area contributed by atoms with Gasteiger partial charge in [-0.25, -0.2) is 8.78 Å². The highest BCUT2D eigenvalue weighted by Crippen LogP contribution is 2.25. The minimum Gasteiger partial charge on any atom is -0.394 e. The van der Waals surface area contributed by atoms with Crippen molar-refractivity contribution < 1.29 is 13.9 Å². The van der Waals surface area contributed by atoms with E-state index >= 15 is 0 Å². The third-order valence-corrected chi connectivity index (χ3v) is 4.13. The van der Waals surface area contributed by atoms with Crippen molar-refractivity contribution in [3.63, 3.8) is 0 Å². The Morgan fingerprint density at radius 3 is 2.65 bits per heavy atom. The average molecular weight is 303 g/mol. The zero-order valence-electron chi connectivity index (χ0n) is 12.2. The molecule has 0 aliphatic rings. The van der Waals surface area contributed by atoms with Crippen LogP contribution in [0.25, 0.3) is 0 Å². The van der Waals surface area contributed by atoms with Crippen LogP contribution in [0.2, 0.25) is 0 Å². The third-order valence-electron chi connectivity index (χ3n) is 3.01. The maximum atomic E-state index is 13.4. The van der Waals surface area contributed by atoms with Gasteiger partial charge in [-0.05, 0) is 43.7 Å². The van der Waals surface area contributed by atoms with Gasteiger partial charge in [0, 0.05) is 16.5 Å². The number of aliphatic hydroxyl groups excluding tert-OH is 1. The predicted molar refractivity (Wildman–Crippen MR) is 80.1 cm³/mol. The Labute approximate surface area is 124 Å². The highest BCUT2D eigenvalue weighted by Gasteiger charge is 2.23. The zero-order chi connectivity index (χ0) is 15.2. The quantitative estimate of drug-likeness (QED) is 0.568. The Hall–Kier alpha value is -0.650. The van der Waals surface area contributed by atoms with Gasteiger partial charge in [-0.15, -0.1) is 11.8 Å². The van der Waals surface area contributed by atoms with Crippen LogP contribution in [0.5, 0.6) is 0 Å². The molecule has 2 N–H and O–H groups in total. The van der Waals surface area contributed by atoms with Crippen molar-refractivity contribution in [3.8, 4) is 0 Å². The van der Waals surface area contributed by atoms with Gasteiger partial charge < -0.3 is 10.4 Å². The number of rotatable bonds is 8. The largest absolute Gasteiger partial charge is 0.394 e. The van der Waals surface area contributed by atoms with Crippen molar-refractivity contribution in [2.75, 3.05) is 12.4 Å². The molecule has 0 aromatic heterocycles. The Balaban J connectivity index is 2.42. The fraction of sp³-hybridized carbons (Fsp3) is 0.600. The van der Waals surface area contributed by atoms with Crippen molar-refractivity contribution >= 4 is 11.8 Å². The lowest BCUT2D eigenvalue weighted by molar-refractivity contribution is 0.156. The van der Waals surface area contributed by atoms with Gasteiger partial charge in [-0.3, -0.25) is 0 Å². The summed E-state index contributed by atoms with van der Waals surface area (Å²) in [7, 11) is 0. The smallest absolute Gasteiger partial charge is 0.136 e. The molecule has 0 radical (unpaired) electrons. The van der Waals surface area contributed by atoms with Gasteiger partial charge in [0.05, 0.1) is 6.61 Å². The molecule has 0 aliphatic heterocycles. The minimum atomic E-state index is -0.421. The van der Waals surface area contributed by atoms with E-state index in [1.54, 1.807) is 0 Å². The second kappa shape index (κ2) is 7.96. The van der Waals surface area contributed by atoms with Crippen molar-refractivity contribution in [2.24, 2.45) is 0 Å². The van der Waals surface area contributed by atoms with Gasteiger partial charge in [-0.2, -0.15) is 0 Å². The van der Waals surface area contributed by atoms with Crippen LogP contribution in [0.1, 0.15) is 33.6 Å². The summed E-state index contributed by atoms with van der Waals surface area (Å²) in [5, 5.41) is 12.8. The molecular weight excluding hydrogens is 280 g/mol. The maximum absolute atomic E-state index is 13.4. The summed E-state index contributed by atoms with van der Waals surface area (Å²) >= 11 is 1.31. The van der Waals surface area contributed by atoms with Crippen LogP contribution >= 0.6 is 11.8 Å². The first-order valence-electron chi connectivity index (χ1n) is 6.83. The molecule has 0 aliphatic carbocycles. The molecule has 0 bridgehead atoms. The van der Waals surface area contributed by atoms with Crippen molar-refractivity contribution in [1.29, 1.82) is 0 Å². The number of hydrogen-bond acceptors (Lipinski definition) is 3. The van der Waals surface area contributed by atoms with Crippen LogP contribution in [0, 0.1) is 11.6 Å². The molecule has 1 unspecified atom stereocenters. The van der Waals surface area contributed by atoms with E-state index in [1.165, 1.54) is 17.8 Å². The Morgan fingerprint density at radius 2 is 2.05 bits per heavy atom. The normalized spacial score (nSPS) is 14.6. The lowest BCUT2D eigenvalue weighted by Gasteiger charge is -2.31. The molecular formula is C15H23F2NOS. The number of halogens is 2. The maximum Gasteiger partial charge on any atom is 0.136 e. The van der Waals surface area contributed by atoms with Crippen LogP contribution in [0.4, 0.5) is 8.78 Å². The van der Waals surface area contributed by atoms with Crippen LogP contribution < -0.4 is 5.32 Å². The standard InChI is InChI=1S/C15H23F2NOS/c1-11(2)18-15(3,10-19)7-4-8-20-14-9-12(16)5-6-13(14)17/h5-6,9,11,18-19H,4,7-8,10H2,1-3H3. The molecule has 114 valence electrons. The molecule has 0 spiro atoms. The number of nitrogens with one attached hydrogen (secondary N) is 1. The molecule has 2 nitrogen and oxygen atoms in total. The second-order valence-electron chi connectivity index (χ2n) is 5.54. The van der Waals surface area contributed by atoms with Gasteiger partial charge >= 0.3 is 0 Å². The van der Waals surface area contributed by atoms with Crippen LogP contribution in [0.3, 0.4) is 0 Å². The van der Waals surface area contributed by atoms with Gasteiger partial charge in [0.15, 0.2) is 0 Å². The summed E-state index contributed by atoms with van der Waals surface area (Å²) < 4.78 is 26.4. The fourth-order valence-electron chi connectivity index (χ4n) is 2.13. The van der Waals surface area contributed by atoms with Crippen LogP contribution in [-0.4, -0.2) is 29.0 Å². The van der Waals surface area contributed by atoms with E-state index in [2.05, 4.69) is 5.32 Å². The topological polar surface area (TPSA) is 32.3 Å². The SMILES string of the molecule is CC(C)NC(C)(CO)CCCSc1cc(F)ccc1F. The van der Waals surface area contributed by atoms with Gasteiger partial charge in [-0.1, -0.05) is 13.8 Å². The summed E-state index contributed by atoms with van der Waals surface area (Å²) in [5.41, 5.74) is -0.324. The summed E-state index contributed by atoms with van der Waals surface area (Å²) in [5.74, 6) is -0.118. The number of aliphatic hydroxyl groups is 1. The summed E-state index contributed by atoms with van der Waals surface area (Å²) in [6.07, 6.45) is 1.60. The lowest BCUT2D eigenvalue weighted by Crippen LogP contribution is -2.49. The van der Waals surface area contributed by atoms with Crippen LogP contribution in [0.15, 0.2) is 23.1 Å². The molecule has 5 heteroatoms. The fourth-order valence-corrected chi connectivity index (χ4v) is 3.04. The molecule has 0 saturated carbocycles. The first-order valence-corrected chi connectivity index (χ1v) is 7.81. The average Bonchev–Trinajstić information content (AvgIpc) is 2.38. The minimum absolute atomic E-state index is 0.0597. The number of benzene rings is 1. The molecule has 0 saturated heterocycles. The molecule has 1 aromatic rings. The van der Waals surface area contributed by atoms with E-state index < -0.39 is 5.82 Å². The monoisotopic (exact) mass is 303 g/mol. The number of hydrogen-bond donors (Lipinski definition) is 2. The van der Waals surface area contributed by atoms with Crippen molar-refractivity contribution in [1.82, 2.24) is 5.32 Å². The summed E-state index contributed by atoms with van der Waals surface area (Å²) in [6.45, 7) is 6.10. The van der Waals surface area contributed by atoms with Crippen molar-refractivity contribution in [2.45, 2.75) is 50.1 Å². The first kappa shape index (κ1) is 17.4. The van der Waals surface area contributed by atoms with E-state index in [0.29, 0.717) is 16.7 Å². The van der Waals surface area contributed by atoms with E-state index in [4.69, 9.17) is 0 Å². The van der Waals surface area contributed by atoms with Crippen LogP contribution in [-0.2, 0) is 0 Å². The Kier molecular flexibility index (Phi) is 6.92. The lowest BCUT2D eigenvalue weighted by atomic mass is 9.96. The molecule has 0 amide bonds. The van der Waals surface area contributed by atoms with E-state index in [9.17, 15) is 13.9 Å². The van der Waals surface area contributed by atoms with Gasteiger partial charge in [0.2, 0.25) is 0 Å². The Bertz CT molecular complexity index is 428. The number of thioether (sulfide) groups is 1. The highest BCUT2D eigenvalue weighted by atomic mass is 32.2. The van der Waals surface area contributed by atoms with Crippen molar-refractivity contribution in [3.05, 3.63) is 29.8 Å². The molecule has 20 heavy (non-hydrogen) atoms. The van der Waals surface area contributed by atoms with Gasteiger partial charge in [0.25, 0.3) is 0 Å². The zero-order valence-corrected chi connectivity index (χ0v) is 13.1. The predicted octanol–water partition coefficient (Wildman–Crippen LogP) is 3.59. The molecule has 0 fully saturated rings. The molecule has 1 atom stereocenters. The second-order valence-corrected chi connectivity index (χ2v) is 6.68. The molecule has 1 aromatic carbocycles.